The highest BCUT2D eigenvalue weighted by Crippen LogP contribution is 2.23. The summed E-state index contributed by atoms with van der Waals surface area (Å²) in [6.07, 6.45) is 0.386. The molecule has 0 aliphatic heterocycles. The fourth-order valence-electron chi connectivity index (χ4n) is 2.09. The summed E-state index contributed by atoms with van der Waals surface area (Å²) in [7, 11) is 2.96. The fraction of sp³-hybridized carbons (Fsp3) is 0.357. The van der Waals surface area contributed by atoms with E-state index in [9.17, 15) is 4.79 Å². The van der Waals surface area contributed by atoms with Gasteiger partial charge in [0.15, 0.2) is 0 Å². The van der Waals surface area contributed by atoms with Crippen molar-refractivity contribution in [2.24, 2.45) is 5.73 Å². The van der Waals surface area contributed by atoms with Gasteiger partial charge in [0.25, 0.3) is 0 Å². The van der Waals surface area contributed by atoms with E-state index in [0.29, 0.717) is 6.42 Å². The molecule has 0 aliphatic carbocycles. The SMILES string of the molecule is COC(=O)C(C)(N)Cc1cc2cc(OC)ccc2[nH]1. The number of carbonyl (C=O) groups excluding carboxylic acids is 1. The van der Waals surface area contributed by atoms with Crippen LogP contribution in [0.25, 0.3) is 10.9 Å². The Morgan fingerprint density at radius 2 is 2.11 bits per heavy atom. The monoisotopic (exact) mass is 262 g/mol. The van der Waals surface area contributed by atoms with Gasteiger partial charge >= 0.3 is 5.97 Å². The summed E-state index contributed by atoms with van der Waals surface area (Å²) in [6, 6.07) is 7.71. The van der Waals surface area contributed by atoms with Crippen molar-refractivity contribution in [2.45, 2.75) is 18.9 Å². The van der Waals surface area contributed by atoms with Crippen LogP contribution in [0.5, 0.6) is 5.75 Å². The Labute approximate surface area is 111 Å². The highest BCUT2D eigenvalue weighted by atomic mass is 16.5. The number of nitrogens with two attached hydrogens (primary N) is 1. The zero-order chi connectivity index (χ0) is 14.0. The molecule has 0 bridgehead atoms. The molecule has 1 atom stereocenters. The van der Waals surface area contributed by atoms with Crippen molar-refractivity contribution in [3.05, 3.63) is 30.0 Å². The molecule has 1 aromatic carbocycles. The van der Waals surface area contributed by atoms with Crippen LogP contribution in [0, 0.1) is 0 Å². The van der Waals surface area contributed by atoms with Crippen molar-refractivity contribution in [3.63, 3.8) is 0 Å². The smallest absolute Gasteiger partial charge is 0.325 e. The second-order valence-electron chi connectivity index (χ2n) is 4.83. The van der Waals surface area contributed by atoms with Gasteiger partial charge in [-0.3, -0.25) is 4.79 Å². The van der Waals surface area contributed by atoms with E-state index in [1.54, 1.807) is 14.0 Å². The third-order valence-corrected chi connectivity index (χ3v) is 3.09. The van der Waals surface area contributed by atoms with E-state index in [1.807, 2.05) is 24.3 Å². The first-order valence-corrected chi connectivity index (χ1v) is 5.99. The number of aromatic amines is 1. The number of rotatable bonds is 4. The molecule has 3 N–H and O–H groups in total. The zero-order valence-corrected chi connectivity index (χ0v) is 11.3. The minimum Gasteiger partial charge on any atom is -0.497 e. The van der Waals surface area contributed by atoms with E-state index in [0.717, 1.165) is 22.3 Å². The lowest BCUT2D eigenvalue weighted by Gasteiger charge is -2.20. The van der Waals surface area contributed by atoms with Crippen LogP contribution in [-0.2, 0) is 16.0 Å². The summed E-state index contributed by atoms with van der Waals surface area (Å²) < 4.78 is 9.88. The third kappa shape index (κ3) is 2.71. The summed E-state index contributed by atoms with van der Waals surface area (Å²) in [4.78, 5) is 14.8. The molecule has 0 aliphatic rings. The van der Waals surface area contributed by atoms with Crippen LogP contribution >= 0.6 is 0 Å². The van der Waals surface area contributed by atoms with Crippen LogP contribution in [0.4, 0.5) is 0 Å². The van der Waals surface area contributed by atoms with Gasteiger partial charge in [0.1, 0.15) is 11.3 Å². The Balaban J connectivity index is 2.29. The van der Waals surface area contributed by atoms with Gasteiger partial charge < -0.3 is 20.2 Å². The maximum atomic E-state index is 11.6. The number of fused-ring (bicyclic) bond motifs is 1. The number of H-pyrrole nitrogens is 1. The fourth-order valence-corrected chi connectivity index (χ4v) is 2.09. The molecule has 1 aromatic heterocycles. The lowest BCUT2D eigenvalue weighted by Crippen LogP contribution is -2.47. The summed E-state index contributed by atoms with van der Waals surface area (Å²) in [6.45, 7) is 1.66. The first-order chi connectivity index (χ1) is 8.96. The molecule has 0 spiro atoms. The van der Waals surface area contributed by atoms with Crippen LogP contribution < -0.4 is 10.5 Å². The topological polar surface area (TPSA) is 77.3 Å². The first-order valence-electron chi connectivity index (χ1n) is 5.99. The van der Waals surface area contributed by atoms with Gasteiger partial charge in [-0.2, -0.15) is 0 Å². The molecule has 0 amide bonds. The minimum atomic E-state index is -1.04. The summed E-state index contributed by atoms with van der Waals surface area (Å²) >= 11 is 0. The number of hydrogen-bond acceptors (Lipinski definition) is 4. The molecule has 102 valence electrons. The predicted octanol–water partition coefficient (Wildman–Crippen LogP) is 1.61. The normalized spacial score (nSPS) is 14.1. The van der Waals surface area contributed by atoms with Crippen molar-refractivity contribution in [3.8, 4) is 5.75 Å². The van der Waals surface area contributed by atoms with Crippen molar-refractivity contribution >= 4 is 16.9 Å². The van der Waals surface area contributed by atoms with Crippen molar-refractivity contribution < 1.29 is 14.3 Å². The van der Waals surface area contributed by atoms with Crippen LogP contribution in [0.3, 0.4) is 0 Å². The summed E-state index contributed by atoms with van der Waals surface area (Å²) in [5, 5.41) is 1.02. The molecule has 5 heteroatoms. The molecular formula is C14H18N2O3. The number of aromatic nitrogens is 1. The maximum Gasteiger partial charge on any atom is 0.325 e. The number of methoxy groups -OCH3 is 2. The van der Waals surface area contributed by atoms with E-state index >= 15 is 0 Å². The Hall–Kier alpha value is -2.01. The molecule has 2 rings (SSSR count). The van der Waals surface area contributed by atoms with Gasteiger partial charge in [0, 0.05) is 23.0 Å². The molecule has 1 heterocycles. The number of nitrogens with one attached hydrogen (secondary N) is 1. The van der Waals surface area contributed by atoms with Gasteiger partial charge in [-0.15, -0.1) is 0 Å². The third-order valence-electron chi connectivity index (χ3n) is 3.09. The number of ether oxygens (including phenoxy) is 2. The highest BCUT2D eigenvalue weighted by Gasteiger charge is 2.30. The van der Waals surface area contributed by atoms with Gasteiger partial charge in [-0.1, -0.05) is 0 Å². The quantitative estimate of drug-likeness (QED) is 0.821. The number of carbonyl (C=O) groups is 1. The van der Waals surface area contributed by atoms with Gasteiger partial charge in [-0.05, 0) is 31.2 Å². The Bertz CT molecular complexity index is 602. The van der Waals surface area contributed by atoms with E-state index in [2.05, 4.69) is 4.98 Å². The lowest BCUT2D eigenvalue weighted by atomic mass is 9.97. The van der Waals surface area contributed by atoms with Crippen LogP contribution in [0.15, 0.2) is 24.3 Å². The zero-order valence-electron chi connectivity index (χ0n) is 11.3. The molecular weight excluding hydrogens is 244 g/mol. The molecule has 0 fully saturated rings. The maximum absolute atomic E-state index is 11.6. The minimum absolute atomic E-state index is 0.386. The summed E-state index contributed by atoms with van der Waals surface area (Å²) in [5.74, 6) is 0.366. The second-order valence-corrected chi connectivity index (χ2v) is 4.83. The molecule has 0 radical (unpaired) electrons. The largest absolute Gasteiger partial charge is 0.497 e. The van der Waals surface area contributed by atoms with Crippen LogP contribution in [0.1, 0.15) is 12.6 Å². The molecule has 5 nitrogen and oxygen atoms in total. The average Bonchev–Trinajstić information content (AvgIpc) is 2.77. The molecule has 0 saturated carbocycles. The number of esters is 1. The van der Waals surface area contributed by atoms with E-state index in [4.69, 9.17) is 15.2 Å². The van der Waals surface area contributed by atoms with Gasteiger partial charge in [0.2, 0.25) is 0 Å². The summed E-state index contributed by atoms with van der Waals surface area (Å²) in [5.41, 5.74) is 6.79. The molecule has 0 saturated heterocycles. The van der Waals surface area contributed by atoms with Gasteiger partial charge in [-0.25, -0.2) is 0 Å². The second kappa shape index (κ2) is 4.93. The van der Waals surface area contributed by atoms with Gasteiger partial charge in [0.05, 0.1) is 14.2 Å². The molecule has 19 heavy (non-hydrogen) atoms. The molecule has 1 unspecified atom stereocenters. The predicted molar refractivity (Wildman–Crippen MR) is 73.2 cm³/mol. The molecule has 2 aromatic rings. The Morgan fingerprint density at radius 3 is 2.74 bits per heavy atom. The number of hydrogen-bond donors (Lipinski definition) is 2. The number of benzene rings is 1. The van der Waals surface area contributed by atoms with E-state index in [1.165, 1.54) is 7.11 Å². The van der Waals surface area contributed by atoms with Crippen molar-refractivity contribution in [2.75, 3.05) is 14.2 Å². The van der Waals surface area contributed by atoms with Crippen molar-refractivity contribution in [1.82, 2.24) is 4.98 Å². The first kappa shape index (κ1) is 13.4. The Kier molecular flexibility index (Phi) is 3.48. The standard InChI is InChI=1S/C14H18N2O3/c1-14(15,13(17)19-3)8-10-6-9-7-11(18-2)4-5-12(9)16-10/h4-7,16H,8,15H2,1-3H3. The highest BCUT2D eigenvalue weighted by molar-refractivity contribution is 5.83. The van der Waals surface area contributed by atoms with Crippen LogP contribution in [-0.4, -0.2) is 30.7 Å². The van der Waals surface area contributed by atoms with E-state index < -0.39 is 11.5 Å². The van der Waals surface area contributed by atoms with E-state index in [-0.39, 0.29) is 0 Å². The average molecular weight is 262 g/mol. The van der Waals surface area contributed by atoms with Crippen LogP contribution in [0.2, 0.25) is 0 Å². The van der Waals surface area contributed by atoms with Crippen molar-refractivity contribution in [1.29, 1.82) is 0 Å². The Morgan fingerprint density at radius 1 is 1.37 bits per heavy atom. The lowest BCUT2D eigenvalue weighted by molar-refractivity contribution is -0.146.